The minimum atomic E-state index is 0.106. The molecule has 1 aromatic heterocycles. The van der Waals surface area contributed by atoms with Crippen LogP contribution in [0, 0.1) is 5.92 Å². The molecule has 1 amide bonds. The molecule has 3 heterocycles. The van der Waals surface area contributed by atoms with Crippen LogP contribution >= 0.6 is 11.8 Å². The molecule has 6 nitrogen and oxygen atoms in total. The van der Waals surface area contributed by atoms with Gasteiger partial charge < -0.3 is 15.5 Å². The van der Waals surface area contributed by atoms with Gasteiger partial charge in [0.05, 0.1) is 12.0 Å². The van der Waals surface area contributed by atoms with Crippen LogP contribution in [0.1, 0.15) is 12.8 Å². The van der Waals surface area contributed by atoms with E-state index in [-0.39, 0.29) is 17.9 Å². The number of carbonyl (C=O) groups is 1. The number of thioether (sulfide) groups is 1. The average Bonchev–Trinajstić information content (AvgIpc) is 2.88. The van der Waals surface area contributed by atoms with Crippen LogP contribution < -0.4 is 15.5 Å². The number of hydrogen-bond acceptors (Lipinski definition) is 6. The van der Waals surface area contributed by atoms with Crippen LogP contribution in [0.3, 0.4) is 0 Å². The Labute approximate surface area is 122 Å². The minimum Gasteiger partial charge on any atom is -0.373 e. The van der Waals surface area contributed by atoms with E-state index in [4.69, 9.17) is 0 Å². The largest absolute Gasteiger partial charge is 0.373 e. The first-order valence-electron chi connectivity index (χ1n) is 6.88. The molecule has 2 saturated heterocycles. The first kappa shape index (κ1) is 13.5. The van der Waals surface area contributed by atoms with Crippen molar-refractivity contribution in [3.05, 3.63) is 6.07 Å². The third kappa shape index (κ3) is 2.30. The van der Waals surface area contributed by atoms with E-state index >= 15 is 0 Å². The molecule has 0 bridgehead atoms. The smallest absolute Gasteiger partial charge is 0.225 e. The lowest BCUT2D eigenvalue weighted by Crippen LogP contribution is -2.46. The van der Waals surface area contributed by atoms with E-state index in [0.717, 1.165) is 42.7 Å². The standard InChI is InChI=1S/C13H19N5OS/c1-14-10-6-11(17-13(16-10)20-2)18-5-3-4-8-9(18)7-15-12(8)19/h6,8-9H,3-5,7H2,1-2H3,(H,15,19)(H,14,16,17). The van der Waals surface area contributed by atoms with E-state index in [2.05, 4.69) is 25.5 Å². The molecule has 7 heteroatoms. The maximum Gasteiger partial charge on any atom is 0.225 e. The molecule has 2 atom stereocenters. The van der Waals surface area contributed by atoms with Crippen LogP contribution in [0.5, 0.6) is 0 Å². The Morgan fingerprint density at radius 2 is 2.35 bits per heavy atom. The Balaban J connectivity index is 1.93. The van der Waals surface area contributed by atoms with Gasteiger partial charge in [0.1, 0.15) is 11.6 Å². The van der Waals surface area contributed by atoms with Crippen LogP contribution in [-0.2, 0) is 4.79 Å². The van der Waals surface area contributed by atoms with Gasteiger partial charge in [-0.2, -0.15) is 0 Å². The zero-order valence-electron chi connectivity index (χ0n) is 11.7. The van der Waals surface area contributed by atoms with Crippen molar-refractivity contribution in [2.24, 2.45) is 5.92 Å². The summed E-state index contributed by atoms with van der Waals surface area (Å²) in [5.41, 5.74) is 0. The van der Waals surface area contributed by atoms with Gasteiger partial charge in [0.15, 0.2) is 5.16 Å². The Hall–Kier alpha value is -1.50. The number of nitrogens with one attached hydrogen (secondary N) is 2. The average molecular weight is 293 g/mol. The monoisotopic (exact) mass is 293 g/mol. The number of nitrogens with zero attached hydrogens (tertiary/aromatic N) is 3. The van der Waals surface area contributed by atoms with Gasteiger partial charge in [-0.3, -0.25) is 4.79 Å². The number of fused-ring (bicyclic) bond motifs is 1. The molecular formula is C13H19N5OS. The Morgan fingerprint density at radius 3 is 3.10 bits per heavy atom. The van der Waals surface area contributed by atoms with Gasteiger partial charge in [-0.15, -0.1) is 0 Å². The summed E-state index contributed by atoms with van der Waals surface area (Å²) >= 11 is 1.53. The van der Waals surface area contributed by atoms with Crippen LogP contribution in [0.25, 0.3) is 0 Å². The van der Waals surface area contributed by atoms with Crippen LogP contribution in [0.15, 0.2) is 11.2 Å². The normalized spacial score (nSPS) is 25.3. The summed E-state index contributed by atoms with van der Waals surface area (Å²) < 4.78 is 0. The predicted octanol–water partition coefficient (Wildman–Crippen LogP) is 0.955. The number of rotatable bonds is 3. The topological polar surface area (TPSA) is 70.2 Å². The summed E-state index contributed by atoms with van der Waals surface area (Å²) in [6.07, 6.45) is 3.98. The lowest BCUT2D eigenvalue weighted by molar-refractivity contribution is -0.122. The second kappa shape index (κ2) is 5.47. The fraction of sp³-hybridized carbons (Fsp3) is 0.615. The van der Waals surface area contributed by atoms with Gasteiger partial charge in [-0.25, -0.2) is 9.97 Å². The van der Waals surface area contributed by atoms with Crippen molar-refractivity contribution in [2.75, 3.05) is 36.6 Å². The van der Waals surface area contributed by atoms with Crippen molar-refractivity contribution in [1.29, 1.82) is 0 Å². The highest BCUT2D eigenvalue weighted by molar-refractivity contribution is 7.98. The number of piperidine rings is 1. The molecule has 0 saturated carbocycles. The second-order valence-electron chi connectivity index (χ2n) is 5.10. The van der Waals surface area contributed by atoms with E-state index in [9.17, 15) is 4.79 Å². The Bertz CT molecular complexity index is 501. The first-order chi connectivity index (χ1) is 9.72. The van der Waals surface area contributed by atoms with Crippen molar-refractivity contribution in [2.45, 2.75) is 24.0 Å². The summed E-state index contributed by atoms with van der Waals surface area (Å²) in [5, 5.41) is 6.81. The van der Waals surface area contributed by atoms with E-state index in [0.29, 0.717) is 0 Å². The highest BCUT2D eigenvalue weighted by Crippen LogP contribution is 2.32. The molecule has 2 aliphatic rings. The molecule has 2 N–H and O–H groups in total. The van der Waals surface area contributed by atoms with Gasteiger partial charge in [0, 0.05) is 26.2 Å². The molecule has 108 valence electrons. The van der Waals surface area contributed by atoms with E-state index in [1.165, 1.54) is 11.8 Å². The zero-order chi connectivity index (χ0) is 14.1. The molecule has 0 spiro atoms. The Morgan fingerprint density at radius 1 is 1.50 bits per heavy atom. The summed E-state index contributed by atoms with van der Waals surface area (Å²) in [6.45, 7) is 1.67. The molecule has 0 aromatic carbocycles. The fourth-order valence-electron chi connectivity index (χ4n) is 3.02. The van der Waals surface area contributed by atoms with Gasteiger partial charge >= 0.3 is 0 Å². The number of carbonyl (C=O) groups excluding carboxylic acids is 1. The third-order valence-electron chi connectivity index (χ3n) is 4.03. The van der Waals surface area contributed by atoms with Crippen LogP contribution in [0.2, 0.25) is 0 Å². The van der Waals surface area contributed by atoms with Gasteiger partial charge in [-0.1, -0.05) is 11.8 Å². The number of aromatic nitrogens is 2. The lowest BCUT2D eigenvalue weighted by Gasteiger charge is -2.36. The summed E-state index contributed by atoms with van der Waals surface area (Å²) in [5.74, 6) is 2.03. The molecular weight excluding hydrogens is 274 g/mol. The molecule has 0 aliphatic carbocycles. The van der Waals surface area contributed by atoms with Crippen molar-refractivity contribution in [1.82, 2.24) is 15.3 Å². The fourth-order valence-corrected chi connectivity index (χ4v) is 3.39. The SMILES string of the molecule is CNc1cc(N2CCCC3C(=O)NCC32)nc(SC)n1. The third-order valence-corrected chi connectivity index (χ3v) is 4.57. The van der Waals surface area contributed by atoms with E-state index in [1.54, 1.807) is 0 Å². The maximum atomic E-state index is 11.8. The van der Waals surface area contributed by atoms with Crippen molar-refractivity contribution in [3.63, 3.8) is 0 Å². The molecule has 0 radical (unpaired) electrons. The number of hydrogen-bond donors (Lipinski definition) is 2. The highest BCUT2D eigenvalue weighted by atomic mass is 32.2. The number of amides is 1. The number of anilines is 2. The predicted molar refractivity (Wildman–Crippen MR) is 80.2 cm³/mol. The quantitative estimate of drug-likeness (QED) is 0.639. The zero-order valence-corrected chi connectivity index (χ0v) is 12.5. The van der Waals surface area contributed by atoms with Crippen molar-refractivity contribution in [3.8, 4) is 0 Å². The maximum absolute atomic E-state index is 11.8. The summed E-state index contributed by atoms with van der Waals surface area (Å²) in [4.78, 5) is 23.1. The Kier molecular flexibility index (Phi) is 3.69. The molecule has 3 rings (SSSR count). The van der Waals surface area contributed by atoms with E-state index < -0.39 is 0 Å². The second-order valence-corrected chi connectivity index (χ2v) is 5.88. The van der Waals surface area contributed by atoms with Gasteiger partial charge in [-0.05, 0) is 19.1 Å². The molecule has 2 fully saturated rings. The van der Waals surface area contributed by atoms with Crippen molar-refractivity contribution >= 4 is 29.3 Å². The summed E-state index contributed by atoms with van der Waals surface area (Å²) in [7, 11) is 1.86. The first-order valence-corrected chi connectivity index (χ1v) is 8.10. The summed E-state index contributed by atoms with van der Waals surface area (Å²) in [6, 6.07) is 2.19. The molecule has 2 aliphatic heterocycles. The molecule has 2 unspecified atom stereocenters. The van der Waals surface area contributed by atoms with Gasteiger partial charge in [0.2, 0.25) is 5.91 Å². The van der Waals surface area contributed by atoms with Crippen molar-refractivity contribution < 1.29 is 4.79 Å². The minimum absolute atomic E-state index is 0.106. The molecule has 20 heavy (non-hydrogen) atoms. The highest BCUT2D eigenvalue weighted by Gasteiger charge is 2.41. The molecule has 1 aromatic rings. The van der Waals surface area contributed by atoms with Crippen LogP contribution in [0.4, 0.5) is 11.6 Å². The lowest BCUT2D eigenvalue weighted by atomic mass is 9.91. The van der Waals surface area contributed by atoms with Gasteiger partial charge in [0.25, 0.3) is 0 Å². The van der Waals surface area contributed by atoms with E-state index in [1.807, 2.05) is 19.4 Å². The van der Waals surface area contributed by atoms with Crippen LogP contribution in [-0.4, -0.2) is 48.3 Å².